The van der Waals surface area contributed by atoms with Gasteiger partial charge in [0.25, 0.3) is 0 Å². The van der Waals surface area contributed by atoms with Gasteiger partial charge in [-0.2, -0.15) is 0 Å². The van der Waals surface area contributed by atoms with Crippen molar-refractivity contribution in [1.82, 2.24) is 4.98 Å². The minimum Gasteiger partial charge on any atom is -0.461 e. The minimum absolute atomic E-state index is 0.348. The molecule has 0 fully saturated rings. The van der Waals surface area contributed by atoms with Gasteiger partial charge in [-0.1, -0.05) is 29.8 Å². The SMILES string of the molecule is CCOC(=O)c1nc(N(C)Cc2ccccc2Cl)sc1C. The molecule has 0 atom stereocenters. The molecule has 0 N–H and O–H groups in total. The highest BCUT2D eigenvalue weighted by Crippen LogP contribution is 2.27. The van der Waals surface area contributed by atoms with Gasteiger partial charge in [-0.15, -0.1) is 11.3 Å². The average molecular weight is 325 g/mol. The number of aromatic nitrogens is 1. The van der Waals surface area contributed by atoms with E-state index in [1.165, 1.54) is 11.3 Å². The number of hydrogen-bond acceptors (Lipinski definition) is 5. The molecule has 0 aliphatic carbocycles. The summed E-state index contributed by atoms with van der Waals surface area (Å²) >= 11 is 7.64. The van der Waals surface area contributed by atoms with Gasteiger partial charge in [0.2, 0.25) is 0 Å². The molecule has 1 heterocycles. The summed E-state index contributed by atoms with van der Waals surface area (Å²) in [5.41, 5.74) is 1.41. The lowest BCUT2D eigenvalue weighted by atomic mass is 10.2. The zero-order valence-electron chi connectivity index (χ0n) is 12.2. The molecule has 0 spiro atoms. The van der Waals surface area contributed by atoms with Crippen LogP contribution in [0.3, 0.4) is 0 Å². The Labute approximate surface area is 133 Å². The van der Waals surface area contributed by atoms with Crippen molar-refractivity contribution >= 4 is 34.0 Å². The first-order valence-electron chi connectivity index (χ1n) is 6.62. The zero-order valence-corrected chi connectivity index (χ0v) is 13.8. The number of aryl methyl sites for hydroxylation is 1. The molecule has 2 aromatic rings. The lowest BCUT2D eigenvalue weighted by Gasteiger charge is -2.16. The maximum Gasteiger partial charge on any atom is 0.358 e. The third-order valence-electron chi connectivity index (χ3n) is 2.95. The molecule has 0 saturated heterocycles. The van der Waals surface area contributed by atoms with Crippen molar-refractivity contribution in [1.29, 1.82) is 0 Å². The van der Waals surface area contributed by atoms with Crippen LogP contribution in [0.1, 0.15) is 27.9 Å². The number of carbonyl (C=O) groups is 1. The fourth-order valence-electron chi connectivity index (χ4n) is 1.88. The Kier molecular flexibility index (Phi) is 5.20. The van der Waals surface area contributed by atoms with Crippen LogP contribution in [0.4, 0.5) is 5.13 Å². The van der Waals surface area contributed by atoms with Gasteiger partial charge in [0, 0.05) is 23.5 Å². The second-order valence-corrected chi connectivity index (χ2v) is 6.16. The van der Waals surface area contributed by atoms with Crippen LogP contribution in [0.25, 0.3) is 0 Å². The quantitative estimate of drug-likeness (QED) is 0.782. The molecule has 4 nitrogen and oxygen atoms in total. The van der Waals surface area contributed by atoms with Crippen LogP contribution in [-0.2, 0) is 11.3 Å². The number of ether oxygens (including phenoxy) is 1. The van der Waals surface area contributed by atoms with E-state index in [2.05, 4.69) is 4.98 Å². The number of rotatable bonds is 5. The van der Waals surface area contributed by atoms with Crippen LogP contribution in [-0.4, -0.2) is 24.6 Å². The van der Waals surface area contributed by atoms with Crippen LogP contribution < -0.4 is 4.90 Å². The van der Waals surface area contributed by atoms with Crippen LogP contribution in [0.5, 0.6) is 0 Å². The Morgan fingerprint density at radius 3 is 2.81 bits per heavy atom. The second-order valence-electron chi connectivity index (χ2n) is 4.57. The Morgan fingerprint density at radius 2 is 2.14 bits per heavy atom. The van der Waals surface area contributed by atoms with E-state index in [0.29, 0.717) is 18.8 Å². The summed E-state index contributed by atoms with van der Waals surface area (Å²) in [6, 6.07) is 7.69. The number of esters is 1. The smallest absolute Gasteiger partial charge is 0.358 e. The molecule has 0 amide bonds. The third kappa shape index (κ3) is 3.74. The minimum atomic E-state index is -0.372. The lowest BCUT2D eigenvalue weighted by Crippen LogP contribution is -2.17. The summed E-state index contributed by atoms with van der Waals surface area (Å²) in [4.78, 5) is 19.0. The first-order chi connectivity index (χ1) is 10.0. The molecule has 2 rings (SSSR count). The predicted molar refractivity (Wildman–Crippen MR) is 86.4 cm³/mol. The highest BCUT2D eigenvalue weighted by Gasteiger charge is 2.18. The molecular weight excluding hydrogens is 308 g/mol. The van der Waals surface area contributed by atoms with E-state index in [4.69, 9.17) is 16.3 Å². The van der Waals surface area contributed by atoms with Gasteiger partial charge in [-0.3, -0.25) is 0 Å². The summed E-state index contributed by atoms with van der Waals surface area (Å²) in [5.74, 6) is -0.372. The second kappa shape index (κ2) is 6.91. The van der Waals surface area contributed by atoms with E-state index >= 15 is 0 Å². The molecule has 112 valence electrons. The largest absolute Gasteiger partial charge is 0.461 e. The molecule has 0 aliphatic rings. The van der Waals surface area contributed by atoms with E-state index in [0.717, 1.165) is 20.6 Å². The summed E-state index contributed by atoms with van der Waals surface area (Å²) < 4.78 is 5.00. The van der Waals surface area contributed by atoms with E-state index in [1.54, 1.807) is 6.92 Å². The zero-order chi connectivity index (χ0) is 15.4. The van der Waals surface area contributed by atoms with Crippen molar-refractivity contribution in [3.63, 3.8) is 0 Å². The van der Waals surface area contributed by atoms with Gasteiger partial charge in [0.15, 0.2) is 10.8 Å². The van der Waals surface area contributed by atoms with Gasteiger partial charge >= 0.3 is 5.97 Å². The van der Waals surface area contributed by atoms with Crippen molar-refractivity contribution in [3.05, 3.63) is 45.4 Å². The Bertz CT molecular complexity index is 642. The number of halogens is 1. The Morgan fingerprint density at radius 1 is 1.43 bits per heavy atom. The topological polar surface area (TPSA) is 42.4 Å². The first-order valence-corrected chi connectivity index (χ1v) is 7.81. The van der Waals surface area contributed by atoms with Crippen LogP contribution in [0, 0.1) is 6.92 Å². The number of anilines is 1. The molecule has 0 bridgehead atoms. The van der Waals surface area contributed by atoms with Crippen molar-refractivity contribution in [3.8, 4) is 0 Å². The van der Waals surface area contributed by atoms with Crippen molar-refractivity contribution in [2.75, 3.05) is 18.6 Å². The molecule has 21 heavy (non-hydrogen) atoms. The molecular formula is C15H17ClN2O2S. The molecule has 1 aromatic carbocycles. The van der Waals surface area contributed by atoms with Gasteiger partial charge in [-0.25, -0.2) is 9.78 Å². The van der Waals surface area contributed by atoms with Gasteiger partial charge in [-0.05, 0) is 25.5 Å². The highest BCUT2D eigenvalue weighted by molar-refractivity contribution is 7.15. The van der Waals surface area contributed by atoms with Gasteiger partial charge in [0.1, 0.15) is 0 Å². The van der Waals surface area contributed by atoms with Crippen LogP contribution in [0.15, 0.2) is 24.3 Å². The fraction of sp³-hybridized carbons (Fsp3) is 0.333. The van der Waals surface area contributed by atoms with Crippen LogP contribution in [0.2, 0.25) is 5.02 Å². The van der Waals surface area contributed by atoms with Crippen molar-refractivity contribution in [2.24, 2.45) is 0 Å². The maximum atomic E-state index is 11.8. The predicted octanol–water partition coefficient (Wildman–Crippen LogP) is 3.92. The van der Waals surface area contributed by atoms with Crippen LogP contribution >= 0.6 is 22.9 Å². The first kappa shape index (κ1) is 15.8. The number of carbonyl (C=O) groups excluding carboxylic acids is 1. The highest BCUT2D eigenvalue weighted by atomic mass is 35.5. The number of nitrogens with zero attached hydrogens (tertiary/aromatic N) is 2. The summed E-state index contributed by atoms with van der Waals surface area (Å²) in [7, 11) is 1.93. The van der Waals surface area contributed by atoms with E-state index in [1.807, 2.05) is 43.1 Å². The Balaban J connectivity index is 2.17. The molecule has 0 aliphatic heterocycles. The third-order valence-corrected chi connectivity index (χ3v) is 4.40. The summed E-state index contributed by atoms with van der Waals surface area (Å²) in [5, 5.41) is 1.50. The number of benzene rings is 1. The summed E-state index contributed by atoms with van der Waals surface area (Å²) in [6.45, 7) is 4.64. The summed E-state index contributed by atoms with van der Waals surface area (Å²) in [6.07, 6.45) is 0. The molecule has 6 heteroatoms. The molecule has 0 saturated carbocycles. The van der Waals surface area contributed by atoms with Gasteiger partial charge in [0.05, 0.1) is 6.61 Å². The average Bonchev–Trinajstić information content (AvgIpc) is 2.84. The van der Waals surface area contributed by atoms with Crippen molar-refractivity contribution in [2.45, 2.75) is 20.4 Å². The van der Waals surface area contributed by atoms with E-state index < -0.39 is 0 Å². The number of hydrogen-bond donors (Lipinski definition) is 0. The standard InChI is InChI=1S/C15H17ClN2O2S/c1-4-20-14(19)13-10(2)21-15(17-13)18(3)9-11-7-5-6-8-12(11)16/h5-8H,4,9H2,1-3H3. The normalized spacial score (nSPS) is 10.5. The number of thiazole rings is 1. The van der Waals surface area contributed by atoms with E-state index in [9.17, 15) is 4.79 Å². The molecule has 1 aromatic heterocycles. The maximum absolute atomic E-state index is 11.8. The Hall–Kier alpha value is -1.59. The molecule has 0 unspecified atom stereocenters. The van der Waals surface area contributed by atoms with Crippen molar-refractivity contribution < 1.29 is 9.53 Å². The van der Waals surface area contributed by atoms with E-state index in [-0.39, 0.29) is 5.97 Å². The lowest BCUT2D eigenvalue weighted by molar-refractivity contribution is 0.0519. The fourth-order valence-corrected chi connectivity index (χ4v) is 2.94. The molecule has 0 radical (unpaired) electrons. The van der Waals surface area contributed by atoms with Gasteiger partial charge < -0.3 is 9.64 Å². The monoisotopic (exact) mass is 324 g/mol.